The van der Waals surface area contributed by atoms with Gasteiger partial charge in [0.15, 0.2) is 0 Å². The van der Waals surface area contributed by atoms with Crippen LogP contribution in [0.3, 0.4) is 0 Å². The summed E-state index contributed by atoms with van der Waals surface area (Å²) in [4.78, 5) is 23.3. The lowest BCUT2D eigenvalue weighted by Crippen LogP contribution is -2.28. The second-order valence-electron chi connectivity index (χ2n) is 5.91. The van der Waals surface area contributed by atoms with Crippen LogP contribution in [0, 0.1) is 0 Å². The minimum absolute atomic E-state index is 0.216. The number of carbonyl (C=O) groups excluding carboxylic acids is 1. The molecule has 2 aromatic heterocycles. The van der Waals surface area contributed by atoms with E-state index in [1.54, 1.807) is 43.6 Å². The predicted molar refractivity (Wildman–Crippen MR) is 103 cm³/mol. The first-order valence-corrected chi connectivity index (χ1v) is 8.63. The number of aromatic nitrogens is 3. The molecule has 0 spiro atoms. The minimum Gasteiger partial charge on any atom is -0.338 e. The largest absolute Gasteiger partial charge is 0.433 e. The highest BCUT2D eigenvalue weighted by Gasteiger charge is 2.32. The van der Waals surface area contributed by atoms with E-state index in [0.29, 0.717) is 23.5 Å². The maximum Gasteiger partial charge on any atom is 0.433 e. The summed E-state index contributed by atoms with van der Waals surface area (Å²) in [6.07, 6.45) is -0.301. The second kappa shape index (κ2) is 8.55. The lowest BCUT2D eigenvalue weighted by atomic mass is 10.1. The Morgan fingerprint density at radius 3 is 2.55 bits per heavy atom. The van der Waals surface area contributed by atoms with Gasteiger partial charge in [-0.25, -0.2) is 14.8 Å². The van der Waals surface area contributed by atoms with E-state index in [2.05, 4.69) is 30.9 Å². The number of halogens is 3. The van der Waals surface area contributed by atoms with Crippen molar-refractivity contribution >= 4 is 23.4 Å². The predicted octanol–water partition coefficient (Wildman–Crippen LogP) is 4.44. The van der Waals surface area contributed by atoms with Gasteiger partial charge in [-0.05, 0) is 42.8 Å². The molecule has 29 heavy (non-hydrogen) atoms. The molecule has 150 valence electrons. The quantitative estimate of drug-likeness (QED) is 0.587. The molecule has 0 aliphatic rings. The minimum atomic E-state index is -4.58. The molecule has 0 radical (unpaired) electrons. The zero-order valence-electron chi connectivity index (χ0n) is 15.3. The van der Waals surface area contributed by atoms with Crippen LogP contribution >= 0.6 is 0 Å². The summed E-state index contributed by atoms with van der Waals surface area (Å²) in [5.41, 5.74) is 1.24. The van der Waals surface area contributed by atoms with Gasteiger partial charge in [-0.15, -0.1) is 0 Å². The molecule has 10 heteroatoms. The van der Waals surface area contributed by atoms with Crippen molar-refractivity contribution in [1.29, 1.82) is 0 Å². The lowest BCUT2D eigenvalue weighted by Gasteiger charge is -2.13. The molecule has 0 saturated carbocycles. The fourth-order valence-electron chi connectivity index (χ4n) is 2.51. The number of hydrogen-bond acceptors (Lipinski definition) is 5. The number of benzene rings is 1. The van der Waals surface area contributed by atoms with Crippen LogP contribution in [0.1, 0.15) is 12.6 Å². The van der Waals surface area contributed by atoms with E-state index in [-0.39, 0.29) is 5.95 Å². The van der Waals surface area contributed by atoms with Crippen molar-refractivity contribution < 1.29 is 18.0 Å². The van der Waals surface area contributed by atoms with Gasteiger partial charge >= 0.3 is 12.2 Å². The molecule has 0 fully saturated rings. The van der Waals surface area contributed by atoms with Crippen molar-refractivity contribution in [2.24, 2.45) is 0 Å². The summed E-state index contributed by atoms with van der Waals surface area (Å²) in [6, 6.07) is 8.95. The van der Waals surface area contributed by atoms with Crippen LogP contribution in [0.25, 0.3) is 11.1 Å². The third-order valence-electron chi connectivity index (χ3n) is 3.73. The van der Waals surface area contributed by atoms with Crippen molar-refractivity contribution in [1.82, 2.24) is 20.3 Å². The van der Waals surface area contributed by atoms with E-state index in [1.165, 1.54) is 0 Å². The molecule has 3 aromatic rings. The van der Waals surface area contributed by atoms with Gasteiger partial charge in [0.2, 0.25) is 5.95 Å². The molecule has 0 aliphatic heterocycles. The van der Waals surface area contributed by atoms with E-state index < -0.39 is 17.9 Å². The van der Waals surface area contributed by atoms with Crippen molar-refractivity contribution in [3.8, 4) is 11.1 Å². The highest BCUT2D eigenvalue weighted by molar-refractivity contribution is 5.91. The van der Waals surface area contributed by atoms with Crippen LogP contribution in [0.15, 0.2) is 55.0 Å². The number of anilines is 3. The van der Waals surface area contributed by atoms with Gasteiger partial charge in [0, 0.05) is 42.1 Å². The normalized spacial score (nSPS) is 11.0. The Balaban J connectivity index is 1.96. The molecule has 0 atom stereocenters. The zero-order chi connectivity index (χ0) is 20.9. The SMILES string of the molecule is CCNC(=O)Nc1cc(Nc2nccc(C(F)(F)F)n2)cc(-c2cccnc2)c1. The summed E-state index contributed by atoms with van der Waals surface area (Å²) in [5, 5.41) is 8.06. The van der Waals surface area contributed by atoms with Gasteiger partial charge in [0.25, 0.3) is 0 Å². The number of amides is 2. The second-order valence-corrected chi connectivity index (χ2v) is 5.91. The first-order valence-electron chi connectivity index (χ1n) is 8.63. The lowest BCUT2D eigenvalue weighted by molar-refractivity contribution is -0.141. The van der Waals surface area contributed by atoms with Crippen LogP contribution in [-0.4, -0.2) is 27.5 Å². The van der Waals surface area contributed by atoms with Gasteiger partial charge in [-0.2, -0.15) is 13.2 Å². The highest BCUT2D eigenvalue weighted by Crippen LogP contribution is 2.30. The molecule has 0 aliphatic carbocycles. The number of carbonyl (C=O) groups is 1. The number of nitrogens with zero attached hydrogens (tertiary/aromatic N) is 3. The van der Waals surface area contributed by atoms with E-state index in [0.717, 1.165) is 17.8 Å². The zero-order valence-corrected chi connectivity index (χ0v) is 15.3. The van der Waals surface area contributed by atoms with Crippen molar-refractivity contribution in [2.75, 3.05) is 17.2 Å². The van der Waals surface area contributed by atoms with Crippen LogP contribution in [0.2, 0.25) is 0 Å². The number of nitrogens with one attached hydrogen (secondary N) is 3. The Hall–Kier alpha value is -3.69. The van der Waals surface area contributed by atoms with E-state index >= 15 is 0 Å². The Labute approximate surface area is 164 Å². The van der Waals surface area contributed by atoms with Crippen LogP contribution in [0.4, 0.5) is 35.3 Å². The molecule has 0 bridgehead atoms. The van der Waals surface area contributed by atoms with Crippen molar-refractivity contribution in [3.05, 3.63) is 60.7 Å². The third kappa shape index (κ3) is 5.41. The van der Waals surface area contributed by atoms with Crippen LogP contribution in [-0.2, 0) is 6.18 Å². The van der Waals surface area contributed by atoms with Crippen LogP contribution in [0.5, 0.6) is 0 Å². The summed E-state index contributed by atoms with van der Waals surface area (Å²) >= 11 is 0. The Kier molecular flexibility index (Phi) is 5.91. The van der Waals surface area contributed by atoms with E-state index in [4.69, 9.17) is 0 Å². The number of hydrogen-bond donors (Lipinski definition) is 3. The summed E-state index contributed by atoms with van der Waals surface area (Å²) in [7, 11) is 0. The molecule has 3 N–H and O–H groups in total. The molecule has 2 amide bonds. The maximum atomic E-state index is 12.9. The van der Waals surface area contributed by atoms with Gasteiger partial charge in [-0.3, -0.25) is 4.98 Å². The number of alkyl halides is 3. The van der Waals surface area contributed by atoms with Crippen molar-refractivity contribution in [2.45, 2.75) is 13.1 Å². The Morgan fingerprint density at radius 2 is 1.86 bits per heavy atom. The fourth-order valence-corrected chi connectivity index (χ4v) is 2.51. The molecular formula is C19H17F3N6O. The molecule has 0 unspecified atom stereocenters. The van der Waals surface area contributed by atoms with E-state index in [1.807, 2.05) is 6.07 Å². The van der Waals surface area contributed by atoms with Gasteiger partial charge in [0.05, 0.1) is 0 Å². The van der Waals surface area contributed by atoms with Gasteiger partial charge in [0.1, 0.15) is 5.69 Å². The molecule has 0 saturated heterocycles. The first-order chi connectivity index (χ1) is 13.8. The third-order valence-corrected chi connectivity index (χ3v) is 3.73. The van der Waals surface area contributed by atoms with E-state index in [9.17, 15) is 18.0 Å². The summed E-state index contributed by atoms with van der Waals surface area (Å²) < 4.78 is 38.7. The number of urea groups is 1. The topological polar surface area (TPSA) is 91.8 Å². The molecular weight excluding hydrogens is 385 g/mol. The Morgan fingerprint density at radius 1 is 1.07 bits per heavy atom. The van der Waals surface area contributed by atoms with Gasteiger partial charge < -0.3 is 16.0 Å². The first kappa shape index (κ1) is 20.1. The monoisotopic (exact) mass is 402 g/mol. The molecule has 2 heterocycles. The number of pyridine rings is 1. The van der Waals surface area contributed by atoms with Crippen molar-refractivity contribution in [3.63, 3.8) is 0 Å². The molecule has 3 rings (SSSR count). The number of rotatable bonds is 5. The highest BCUT2D eigenvalue weighted by atomic mass is 19.4. The van der Waals surface area contributed by atoms with Gasteiger partial charge in [-0.1, -0.05) is 6.07 Å². The smallest absolute Gasteiger partial charge is 0.338 e. The average molecular weight is 402 g/mol. The summed E-state index contributed by atoms with van der Waals surface area (Å²) in [5.74, 6) is -0.216. The summed E-state index contributed by atoms with van der Waals surface area (Å²) in [6.45, 7) is 2.22. The average Bonchev–Trinajstić information content (AvgIpc) is 2.68. The maximum absolute atomic E-state index is 12.9. The molecule has 1 aromatic carbocycles. The fraction of sp³-hybridized carbons (Fsp3) is 0.158. The Bertz CT molecular complexity index is 995. The standard InChI is InChI=1S/C19H17F3N6O/c1-2-24-18(29)27-15-9-13(12-4-3-6-23-11-12)8-14(10-15)26-17-25-7-5-16(28-17)19(20,21)22/h3-11H,2H2,1H3,(H2,24,27,29)(H,25,26,28). The van der Waals surface area contributed by atoms with Crippen LogP contribution < -0.4 is 16.0 Å². The molecule has 7 nitrogen and oxygen atoms in total.